The Morgan fingerprint density at radius 1 is 1.12 bits per heavy atom. The third kappa shape index (κ3) is 4.75. The summed E-state index contributed by atoms with van der Waals surface area (Å²) in [7, 11) is -3.22. The number of amidine groups is 1. The lowest BCUT2D eigenvalue weighted by Gasteiger charge is -2.25. The standard InChI is InChI=1S/C20H17F4N3O3S2/c21-13-6-2-4-8-16(13)27(19-26-15-10-32(29,30)11-17(15)31-19)9-18(28)25-14-7-3-1-5-12(14)20(22,23)24/h1-8,15,17H,9-11H2,(H,25,28). The van der Waals surface area contributed by atoms with Gasteiger partial charge in [-0.1, -0.05) is 36.0 Å². The molecule has 2 aromatic rings. The van der Waals surface area contributed by atoms with Gasteiger partial charge in [0.1, 0.15) is 12.4 Å². The number of sulfone groups is 1. The largest absolute Gasteiger partial charge is 0.418 e. The van der Waals surface area contributed by atoms with Crippen molar-refractivity contribution in [3.8, 4) is 0 Å². The number of fused-ring (bicyclic) bond motifs is 1. The van der Waals surface area contributed by atoms with Crippen molar-refractivity contribution in [3.63, 3.8) is 0 Å². The Morgan fingerprint density at radius 2 is 1.81 bits per heavy atom. The molecule has 1 amide bonds. The molecule has 0 radical (unpaired) electrons. The fraction of sp³-hybridized carbons (Fsp3) is 0.300. The van der Waals surface area contributed by atoms with Crippen LogP contribution >= 0.6 is 11.8 Å². The van der Waals surface area contributed by atoms with Crippen molar-refractivity contribution in [1.82, 2.24) is 0 Å². The fourth-order valence-corrected chi connectivity index (χ4v) is 7.34. The maximum atomic E-state index is 14.5. The smallest absolute Gasteiger partial charge is 0.324 e. The second-order valence-corrected chi connectivity index (χ2v) is 10.7. The van der Waals surface area contributed by atoms with Gasteiger partial charge in [0.25, 0.3) is 0 Å². The molecule has 6 nitrogen and oxygen atoms in total. The summed E-state index contributed by atoms with van der Waals surface area (Å²) in [6, 6.07) is 9.65. The number of anilines is 2. The first-order valence-corrected chi connectivity index (χ1v) is 12.2. The zero-order valence-electron chi connectivity index (χ0n) is 16.3. The van der Waals surface area contributed by atoms with E-state index in [4.69, 9.17) is 0 Å². The lowest BCUT2D eigenvalue weighted by atomic mass is 10.1. The molecular weight excluding hydrogens is 470 g/mol. The van der Waals surface area contributed by atoms with Gasteiger partial charge in [0, 0.05) is 5.25 Å². The van der Waals surface area contributed by atoms with Gasteiger partial charge in [-0.05, 0) is 24.3 Å². The highest BCUT2D eigenvalue weighted by atomic mass is 32.2. The van der Waals surface area contributed by atoms with Crippen LogP contribution in [0.2, 0.25) is 0 Å². The molecule has 2 atom stereocenters. The highest BCUT2D eigenvalue weighted by Crippen LogP contribution is 2.38. The maximum Gasteiger partial charge on any atom is 0.418 e. The van der Waals surface area contributed by atoms with Gasteiger partial charge in [-0.25, -0.2) is 12.8 Å². The molecular formula is C20H17F4N3O3S2. The number of hydrogen-bond donors (Lipinski definition) is 1. The summed E-state index contributed by atoms with van der Waals surface area (Å²) >= 11 is 1.12. The molecule has 170 valence electrons. The summed E-state index contributed by atoms with van der Waals surface area (Å²) in [5.41, 5.74) is -1.40. The minimum Gasteiger partial charge on any atom is -0.324 e. The predicted octanol–water partition coefficient (Wildman–Crippen LogP) is 3.56. The van der Waals surface area contributed by atoms with E-state index >= 15 is 0 Å². The lowest BCUT2D eigenvalue weighted by Crippen LogP contribution is -2.37. The number of nitrogens with zero attached hydrogens (tertiary/aromatic N) is 2. The topological polar surface area (TPSA) is 78.8 Å². The number of carbonyl (C=O) groups excluding carboxylic acids is 1. The van der Waals surface area contributed by atoms with Crippen molar-refractivity contribution in [2.24, 2.45) is 4.99 Å². The minimum absolute atomic E-state index is 0.0147. The zero-order chi connectivity index (χ0) is 23.1. The first-order chi connectivity index (χ1) is 15.0. The summed E-state index contributed by atoms with van der Waals surface area (Å²) < 4.78 is 77.9. The quantitative estimate of drug-likeness (QED) is 0.668. The molecule has 2 unspecified atom stereocenters. The van der Waals surface area contributed by atoms with Crippen molar-refractivity contribution < 1.29 is 30.8 Å². The Kier molecular flexibility index (Phi) is 5.93. The third-order valence-electron chi connectivity index (χ3n) is 4.99. The molecule has 1 fully saturated rings. The van der Waals surface area contributed by atoms with E-state index in [1.165, 1.54) is 35.2 Å². The van der Waals surface area contributed by atoms with Crippen LogP contribution in [0.5, 0.6) is 0 Å². The van der Waals surface area contributed by atoms with Crippen molar-refractivity contribution in [2.45, 2.75) is 17.5 Å². The van der Waals surface area contributed by atoms with E-state index < -0.39 is 51.6 Å². The molecule has 1 saturated heterocycles. The molecule has 2 aliphatic heterocycles. The molecule has 0 aromatic heterocycles. The molecule has 0 bridgehead atoms. The number of hydrogen-bond acceptors (Lipinski definition) is 6. The monoisotopic (exact) mass is 487 g/mol. The van der Waals surface area contributed by atoms with E-state index in [9.17, 15) is 30.8 Å². The van der Waals surface area contributed by atoms with Crippen molar-refractivity contribution >= 4 is 44.0 Å². The number of aliphatic imine (C=N–C) groups is 1. The first kappa shape index (κ1) is 22.6. The van der Waals surface area contributed by atoms with Gasteiger partial charge in [-0.2, -0.15) is 13.2 Å². The highest BCUT2D eigenvalue weighted by Gasteiger charge is 2.44. The van der Waals surface area contributed by atoms with Gasteiger partial charge in [-0.15, -0.1) is 0 Å². The van der Waals surface area contributed by atoms with Gasteiger partial charge in [0.2, 0.25) is 5.91 Å². The van der Waals surface area contributed by atoms with Crippen LogP contribution in [0, 0.1) is 5.82 Å². The second kappa shape index (κ2) is 8.39. The average Bonchev–Trinajstić information content (AvgIpc) is 3.20. The van der Waals surface area contributed by atoms with Gasteiger partial charge in [0.15, 0.2) is 15.0 Å². The van der Waals surface area contributed by atoms with Crippen LogP contribution in [0.4, 0.5) is 28.9 Å². The third-order valence-corrected chi connectivity index (χ3v) is 8.24. The summed E-state index contributed by atoms with van der Waals surface area (Å²) in [6.45, 7) is -0.509. The lowest BCUT2D eigenvalue weighted by molar-refractivity contribution is -0.137. The number of carbonyl (C=O) groups is 1. The Morgan fingerprint density at radius 3 is 2.50 bits per heavy atom. The normalized spacial score (nSPS) is 21.7. The number of alkyl halides is 3. The van der Waals surface area contributed by atoms with E-state index in [1.54, 1.807) is 6.07 Å². The molecule has 4 rings (SSSR count). The SMILES string of the molecule is O=C(CN(C1=NC2CS(=O)(=O)CC2S1)c1ccccc1F)Nc1ccccc1C(F)(F)F. The molecule has 12 heteroatoms. The number of rotatable bonds is 4. The predicted molar refractivity (Wildman–Crippen MR) is 115 cm³/mol. The van der Waals surface area contributed by atoms with E-state index in [2.05, 4.69) is 10.3 Å². The Hall–Kier alpha value is -2.60. The Balaban J connectivity index is 1.60. The van der Waals surface area contributed by atoms with E-state index in [-0.39, 0.29) is 27.6 Å². The van der Waals surface area contributed by atoms with Crippen molar-refractivity contribution in [2.75, 3.05) is 28.3 Å². The maximum absolute atomic E-state index is 14.5. The minimum atomic E-state index is -4.66. The van der Waals surface area contributed by atoms with Crippen LogP contribution in [0.3, 0.4) is 0 Å². The van der Waals surface area contributed by atoms with Gasteiger partial charge in [-0.3, -0.25) is 9.79 Å². The molecule has 2 aromatic carbocycles. The second-order valence-electron chi connectivity index (χ2n) is 7.34. The number of thioether (sulfide) groups is 1. The van der Waals surface area contributed by atoms with Crippen LogP contribution in [-0.4, -0.2) is 48.8 Å². The fourth-order valence-electron chi connectivity index (χ4n) is 3.57. The van der Waals surface area contributed by atoms with Crippen molar-refractivity contribution in [3.05, 3.63) is 59.9 Å². The summed E-state index contributed by atoms with van der Waals surface area (Å²) in [5, 5.41) is 2.14. The summed E-state index contributed by atoms with van der Waals surface area (Å²) in [6.07, 6.45) is -4.66. The summed E-state index contributed by atoms with van der Waals surface area (Å²) in [4.78, 5) is 18.3. The van der Waals surface area contributed by atoms with Crippen LogP contribution in [0.15, 0.2) is 53.5 Å². The first-order valence-electron chi connectivity index (χ1n) is 9.46. The van der Waals surface area contributed by atoms with E-state index in [0.29, 0.717) is 0 Å². The number of halogens is 4. The summed E-state index contributed by atoms with van der Waals surface area (Å²) in [5.74, 6) is -1.67. The highest BCUT2D eigenvalue weighted by molar-refractivity contribution is 8.15. The van der Waals surface area contributed by atoms with Crippen LogP contribution in [0.1, 0.15) is 5.56 Å². The van der Waals surface area contributed by atoms with Crippen molar-refractivity contribution in [1.29, 1.82) is 0 Å². The van der Waals surface area contributed by atoms with E-state index in [1.807, 2.05) is 0 Å². The molecule has 0 aliphatic carbocycles. The van der Waals surface area contributed by atoms with Gasteiger partial charge >= 0.3 is 6.18 Å². The molecule has 0 saturated carbocycles. The number of para-hydroxylation sites is 2. The average molecular weight is 488 g/mol. The molecule has 2 heterocycles. The Bertz CT molecular complexity index is 1180. The molecule has 32 heavy (non-hydrogen) atoms. The Labute approximate surface area is 185 Å². The number of nitrogens with one attached hydrogen (secondary N) is 1. The van der Waals surface area contributed by atoms with E-state index in [0.717, 1.165) is 23.9 Å². The zero-order valence-corrected chi connectivity index (χ0v) is 18.0. The van der Waals surface area contributed by atoms with Crippen LogP contribution in [-0.2, 0) is 20.8 Å². The van der Waals surface area contributed by atoms with Crippen LogP contribution < -0.4 is 10.2 Å². The number of benzene rings is 2. The molecule has 2 aliphatic rings. The van der Waals surface area contributed by atoms with Crippen LogP contribution in [0.25, 0.3) is 0 Å². The molecule has 0 spiro atoms. The van der Waals surface area contributed by atoms with Gasteiger partial charge in [0.05, 0.1) is 34.5 Å². The molecule has 1 N–H and O–H groups in total. The van der Waals surface area contributed by atoms with Gasteiger partial charge < -0.3 is 10.2 Å². The number of amides is 1.